The van der Waals surface area contributed by atoms with Gasteiger partial charge in [-0.25, -0.2) is 0 Å². The van der Waals surface area contributed by atoms with Crippen LogP contribution in [-0.2, 0) is 4.79 Å². The van der Waals surface area contributed by atoms with E-state index in [1.54, 1.807) is 0 Å². The predicted molar refractivity (Wildman–Crippen MR) is 132 cm³/mol. The summed E-state index contributed by atoms with van der Waals surface area (Å²) in [4.78, 5) is 15.6. The van der Waals surface area contributed by atoms with Gasteiger partial charge in [0.15, 0.2) is 0 Å². The van der Waals surface area contributed by atoms with E-state index in [2.05, 4.69) is 53.8 Å². The maximum atomic E-state index is 13.7. The number of nitrogens with zero attached hydrogens (tertiary/aromatic N) is 1. The summed E-state index contributed by atoms with van der Waals surface area (Å²) in [6.45, 7) is 0.887. The molecule has 4 aromatic rings. The van der Waals surface area contributed by atoms with Gasteiger partial charge in [0, 0.05) is 11.4 Å². The first-order chi connectivity index (χ1) is 15.8. The lowest BCUT2D eigenvalue weighted by Gasteiger charge is -2.27. The largest absolute Gasteiger partial charge is 0.306 e. The molecule has 0 aromatic heterocycles. The molecule has 3 nitrogen and oxygen atoms in total. The molecule has 32 heavy (non-hydrogen) atoms. The third-order valence-corrected chi connectivity index (χ3v) is 6.00. The zero-order valence-corrected chi connectivity index (χ0v) is 17.9. The summed E-state index contributed by atoms with van der Waals surface area (Å²) >= 11 is 0. The maximum Gasteiger partial charge on any atom is 0.248 e. The van der Waals surface area contributed by atoms with Crippen molar-refractivity contribution in [3.05, 3.63) is 109 Å². The number of rotatable bonds is 5. The molecule has 1 aliphatic rings. The van der Waals surface area contributed by atoms with Gasteiger partial charge in [0.1, 0.15) is 0 Å². The number of amides is 1. The Kier molecular flexibility index (Phi) is 5.82. The summed E-state index contributed by atoms with van der Waals surface area (Å²) in [5.74, 6) is 0.0953. The number of hydrogen-bond acceptors (Lipinski definition) is 2. The molecule has 0 bridgehead atoms. The summed E-state index contributed by atoms with van der Waals surface area (Å²) < 4.78 is 0. The second-order valence-corrected chi connectivity index (χ2v) is 8.16. The van der Waals surface area contributed by atoms with E-state index in [9.17, 15) is 4.79 Å². The first-order valence-electron chi connectivity index (χ1n) is 11.2. The minimum absolute atomic E-state index is 0.0953. The van der Waals surface area contributed by atoms with E-state index in [0.29, 0.717) is 0 Å². The highest BCUT2D eigenvalue weighted by atomic mass is 16.2. The number of anilines is 2. The quantitative estimate of drug-likeness (QED) is 0.405. The Morgan fingerprint density at radius 3 is 1.62 bits per heavy atom. The van der Waals surface area contributed by atoms with Crippen LogP contribution in [0.3, 0.4) is 0 Å². The Morgan fingerprint density at radius 2 is 1.16 bits per heavy atom. The molecule has 1 heterocycles. The standard InChI is InChI=1S/C29H26N2O/c32-29(28-18-9-19-30-28)31(26-16-7-14-24(20-26)22-10-3-1-4-11-22)27-17-8-15-25(21-27)23-12-5-2-6-13-23/h1-8,10-17,20-21,28,30H,9,18-19H2/t28-/m0/s1. The van der Waals surface area contributed by atoms with Gasteiger partial charge < -0.3 is 5.32 Å². The fourth-order valence-electron chi connectivity index (χ4n) is 4.37. The van der Waals surface area contributed by atoms with Crippen molar-refractivity contribution in [1.29, 1.82) is 0 Å². The molecule has 1 N–H and O–H groups in total. The molecule has 3 heteroatoms. The SMILES string of the molecule is O=C([C@@H]1CCCN1)N(c1cccc(-c2ccccc2)c1)c1cccc(-c2ccccc2)c1. The van der Waals surface area contributed by atoms with E-state index in [-0.39, 0.29) is 11.9 Å². The van der Waals surface area contributed by atoms with Crippen molar-refractivity contribution < 1.29 is 4.79 Å². The van der Waals surface area contributed by atoms with Crippen molar-refractivity contribution >= 4 is 17.3 Å². The molecular formula is C29H26N2O. The average molecular weight is 419 g/mol. The summed E-state index contributed by atoms with van der Waals surface area (Å²) in [6, 6.07) is 36.9. The van der Waals surface area contributed by atoms with Crippen molar-refractivity contribution in [2.75, 3.05) is 11.4 Å². The zero-order chi connectivity index (χ0) is 21.8. The monoisotopic (exact) mass is 418 g/mol. The van der Waals surface area contributed by atoms with Crippen LogP contribution in [0.2, 0.25) is 0 Å². The van der Waals surface area contributed by atoms with Crippen LogP contribution in [0.5, 0.6) is 0 Å². The average Bonchev–Trinajstić information content (AvgIpc) is 3.41. The number of carbonyl (C=O) groups excluding carboxylic acids is 1. The van der Waals surface area contributed by atoms with Gasteiger partial charge in [-0.3, -0.25) is 9.69 Å². The lowest BCUT2D eigenvalue weighted by atomic mass is 10.0. The predicted octanol–water partition coefficient (Wildman–Crippen LogP) is 6.44. The molecule has 0 saturated carbocycles. The van der Waals surface area contributed by atoms with Crippen LogP contribution >= 0.6 is 0 Å². The lowest BCUT2D eigenvalue weighted by molar-refractivity contribution is -0.119. The Bertz CT molecular complexity index is 1120. The van der Waals surface area contributed by atoms with Crippen molar-refractivity contribution in [3.63, 3.8) is 0 Å². The minimum Gasteiger partial charge on any atom is -0.306 e. The minimum atomic E-state index is -0.157. The van der Waals surface area contributed by atoms with Crippen LogP contribution in [0.15, 0.2) is 109 Å². The smallest absolute Gasteiger partial charge is 0.248 e. The fourth-order valence-corrected chi connectivity index (χ4v) is 4.37. The molecule has 1 aliphatic heterocycles. The number of carbonyl (C=O) groups is 1. The van der Waals surface area contributed by atoms with Crippen LogP contribution in [0.4, 0.5) is 11.4 Å². The Morgan fingerprint density at radius 1 is 0.656 bits per heavy atom. The maximum absolute atomic E-state index is 13.7. The number of hydrogen-bond donors (Lipinski definition) is 1. The summed E-state index contributed by atoms with van der Waals surface area (Å²) in [5.41, 5.74) is 6.24. The van der Waals surface area contributed by atoms with Gasteiger partial charge in [0.05, 0.1) is 6.04 Å². The van der Waals surface area contributed by atoms with E-state index in [0.717, 1.165) is 53.0 Å². The second kappa shape index (κ2) is 9.21. The molecule has 0 spiro atoms. The highest BCUT2D eigenvalue weighted by molar-refractivity contribution is 6.04. The van der Waals surface area contributed by atoms with Gasteiger partial charge in [-0.15, -0.1) is 0 Å². The second-order valence-electron chi connectivity index (χ2n) is 8.16. The molecular weight excluding hydrogens is 392 g/mol. The van der Waals surface area contributed by atoms with Gasteiger partial charge in [0.2, 0.25) is 5.91 Å². The van der Waals surface area contributed by atoms with E-state index in [1.165, 1.54) is 0 Å². The molecule has 1 amide bonds. The van der Waals surface area contributed by atoms with Gasteiger partial charge in [0.25, 0.3) is 0 Å². The lowest BCUT2D eigenvalue weighted by Crippen LogP contribution is -2.41. The van der Waals surface area contributed by atoms with E-state index >= 15 is 0 Å². The molecule has 0 aliphatic carbocycles. The zero-order valence-electron chi connectivity index (χ0n) is 17.9. The van der Waals surface area contributed by atoms with Gasteiger partial charge in [-0.2, -0.15) is 0 Å². The molecule has 5 rings (SSSR count). The molecule has 4 aromatic carbocycles. The summed E-state index contributed by atoms with van der Waals surface area (Å²) in [6.07, 6.45) is 1.89. The first kappa shape index (κ1) is 20.2. The van der Waals surface area contributed by atoms with Crippen molar-refractivity contribution in [2.45, 2.75) is 18.9 Å². The van der Waals surface area contributed by atoms with Gasteiger partial charge in [-0.1, -0.05) is 84.9 Å². The number of nitrogens with one attached hydrogen (secondary N) is 1. The first-order valence-corrected chi connectivity index (χ1v) is 11.2. The highest BCUT2D eigenvalue weighted by Gasteiger charge is 2.29. The highest BCUT2D eigenvalue weighted by Crippen LogP contribution is 2.33. The molecule has 0 radical (unpaired) electrons. The van der Waals surface area contributed by atoms with Crippen LogP contribution in [0.1, 0.15) is 12.8 Å². The van der Waals surface area contributed by atoms with Crippen molar-refractivity contribution in [2.24, 2.45) is 0 Å². The Balaban J connectivity index is 1.59. The molecule has 0 unspecified atom stereocenters. The van der Waals surface area contributed by atoms with Crippen molar-refractivity contribution in [3.8, 4) is 22.3 Å². The van der Waals surface area contributed by atoms with Gasteiger partial charge >= 0.3 is 0 Å². The third-order valence-electron chi connectivity index (χ3n) is 6.00. The van der Waals surface area contributed by atoms with E-state index in [4.69, 9.17) is 0 Å². The Hall–Kier alpha value is -3.69. The Labute approximate surface area is 189 Å². The third kappa shape index (κ3) is 4.20. The molecule has 158 valence electrons. The van der Waals surface area contributed by atoms with Crippen molar-refractivity contribution in [1.82, 2.24) is 5.32 Å². The van der Waals surface area contributed by atoms with Crippen LogP contribution in [-0.4, -0.2) is 18.5 Å². The molecule has 1 fully saturated rings. The summed E-state index contributed by atoms with van der Waals surface area (Å²) in [7, 11) is 0. The number of benzene rings is 4. The van der Waals surface area contributed by atoms with Crippen LogP contribution in [0, 0.1) is 0 Å². The van der Waals surface area contributed by atoms with Crippen LogP contribution in [0.25, 0.3) is 22.3 Å². The van der Waals surface area contributed by atoms with E-state index in [1.807, 2.05) is 65.6 Å². The fraction of sp³-hybridized carbons (Fsp3) is 0.138. The normalized spacial score (nSPS) is 15.4. The van der Waals surface area contributed by atoms with Crippen LogP contribution < -0.4 is 10.2 Å². The van der Waals surface area contributed by atoms with E-state index < -0.39 is 0 Å². The summed E-state index contributed by atoms with van der Waals surface area (Å²) in [5, 5.41) is 3.38. The van der Waals surface area contributed by atoms with Gasteiger partial charge in [-0.05, 0) is 65.9 Å². The molecule has 1 saturated heterocycles. The topological polar surface area (TPSA) is 32.3 Å². The molecule has 1 atom stereocenters.